The van der Waals surface area contributed by atoms with Crippen molar-refractivity contribution in [3.8, 4) is 0 Å². The molecule has 0 amide bonds. The summed E-state index contributed by atoms with van der Waals surface area (Å²) in [5.41, 5.74) is 0. The monoisotopic (exact) mass is 156 g/mol. The minimum Gasteiger partial charge on any atom is -0.299 e. The summed E-state index contributed by atoms with van der Waals surface area (Å²) in [4.78, 5) is 21.7. The van der Waals surface area contributed by atoms with Crippen LogP contribution in [0, 0.1) is 11.8 Å². The van der Waals surface area contributed by atoms with Crippen LogP contribution in [0.1, 0.15) is 34.1 Å². The molecule has 0 N–H and O–H groups in total. The van der Waals surface area contributed by atoms with Gasteiger partial charge >= 0.3 is 0 Å². The van der Waals surface area contributed by atoms with Gasteiger partial charge in [-0.2, -0.15) is 0 Å². The van der Waals surface area contributed by atoms with Gasteiger partial charge in [0, 0.05) is 12.3 Å². The predicted molar refractivity (Wildman–Crippen MR) is 44.3 cm³/mol. The second-order valence-electron chi connectivity index (χ2n) is 2.70. The number of hydrogen-bond donors (Lipinski definition) is 0. The molecule has 0 aromatic heterocycles. The molecule has 2 unspecified atom stereocenters. The lowest BCUT2D eigenvalue weighted by atomic mass is 10.1. The number of carbonyl (C=O) groups excluding carboxylic acids is 2. The molecule has 64 valence electrons. The fourth-order valence-corrected chi connectivity index (χ4v) is 1.16. The van der Waals surface area contributed by atoms with Crippen molar-refractivity contribution in [1.82, 2.24) is 0 Å². The fourth-order valence-electron chi connectivity index (χ4n) is 1.16. The summed E-state index contributed by atoms with van der Waals surface area (Å²) in [5, 5.41) is 0. The molecule has 1 aliphatic carbocycles. The molecule has 2 atom stereocenters. The van der Waals surface area contributed by atoms with Gasteiger partial charge in [-0.3, -0.25) is 9.59 Å². The van der Waals surface area contributed by atoms with E-state index >= 15 is 0 Å². The van der Waals surface area contributed by atoms with Gasteiger partial charge in [0.05, 0.1) is 5.92 Å². The minimum absolute atomic E-state index is 0.0208. The Balaban J connectivity index is 0.000000461. The number of carbonyl (C=O) groups is 2. The maximum absolute atomic E-state index is 10.9. The van der Waals surface area contributed by atoms with Crippen LogP contribution in [0.3, 0.4) is 0 Å². The van der Waals surface area contributed by atoms with E-state index < -0.39 is 0 Å². The highest BCUT2D eigenvalue weighted by atomic mass is 16.2. The molecule has 0 spiro atoms. The van der Waals surface area contributed by atoms with Gasteiger partial charge in [0.15, 0.2) is 0 Å². The molecule has 2 heteroatoms. The Morgan fingerprint density at radius 2 is 1.64 bits per heavy atom. The highest BCUT2D eigenvalue weighted by molar-refractivity contribution is 6.09. The summed E-state index contributed by atoms with van der Waals surface area (Å²) < 4.78 is 0. The van der Waals surface area contributed by atoms with Crippen LogP contribution in [0.5, 0.6) is 0 Å². The molecule has 0 heterocycles. The number of ketones is 2. The van der Waals surface area contributed by atoms with Gasteiger partial charge in [-0.25, -0.2) is 0 Å². The number of hydrogen-bond acceptors (Lipinski definition) is 2. The van der Waals surface area contributed by atoms with Crippen molar-refractivity contribution in [2.24, 2.45) is 11.8 Å². The third-order valence-electron chi connectivity index (χ3n) is 1.90. The molecule has 1 aliphatic rings. The van der Waals surface area contributed by atoms with E-state index in [1.54, 1.807) is 6.92 Å². The van der Waals surface area contributed by atoms with Crippen LogP contribution in [0.15, 0.2) is 0 Å². The van der Waals surface area contributed by atoms with E-state index in [-0.39, 0.29) is 23.4 Å². The van der Waals surface area contributed by atoms with Gasteiger partial charge in [-0.1, -0.05) is 20.8 Å². The first-order valence-corrected chi connectivity index (χ1v) is 4.19. The summed E-state index contributed by atoms with van der Waals surface area (Å²) in [6.07, 6.45) is 0.458. The van der Waals surface area contributed by atoms with E-state index in [4.69, 9.17) is 0 Å². The molecule has 0 aromatic carbocycles. The smallest absolute Gasteiger partial charge is 0.146 e. The lowest BCUT2D eigenvalue weighted by Crippen LogP contribution is -2.11. The van der Waals surface area contributed by atoms with Crippen molar-refractivity contribution in [3.05, 3.63) is 0 Å². The molecule has 0 aliphatic heterocycles. The van der Waals surface area contributed by atoms with Gasteiger partial charge in [0.2, 0.25) is 0 Å². The van der Waals surface area contributed by atoms with Crippen LogP contribution < -0.4 is 0 Å². The second-order valence-corrected chi connectivity index (χ2v) is 2.70. The van der Waals surface area contributed by atoms with Crippen LogP contribution in [0.4, 0.5) is 0 Å². The lowest BCUT2D eigenvalue weighted by Gasteiger charge is -1.95. The Kier molecular flexibility index (Phi) is 4.01. The fraction of sp³-hybridized carbons (Fsp3) is 0.778. The van der Waals surface area contributed by atoms with Crippen molar-refractivity contribution >= 4 is 11.6 Å². The lowest BCUT2D eigenvalue weighted by molar-refractivity contribution is -0.127. The first-order chi connectivity index (χ1) is 5.13. The SMILES string of the molecule is CC.CC1CC(=O)C(C)C1=O. The molecule has 0 saturated heterocycles. The Bertz CT molecular complexity index is 161. The maximum Gasteiger partial charge on any atom is 0.146 e. The maximum atomic E-state index is 10.9. The highest BCUT2D eigenvalue weighted by Gasteiger charge is 2.34. The van der Waals surface area contributed by atoms with E-state index in [9.17, 15) is 9.59 Å². The van der Waals surface area contributed by atoms with E-state index in [0.29, 0.717) is 6.42 Å². The second kappa shape index (κ2) is 4.27. The standard InChI is InChI=1S/C7H10O2.C2H6/c1-4-3-6(8)5(2)7(4)9;1-2/h4-5H,3H2,1-2H3;1-2H3. The number of rotatable bonds is 0. The van der Waals surface area contributed by atoms with Crippen LogP contribution in [0.2, 0.25) is 0 Å². The molecule has 1 fully saturated rings. The Morgan fingerprint density at radius 3 is 1.73 bits per heavy atom. The first-order valence-electron chi connectivity index (χ1n) is 4.19. The Morgan fingerprint density at radius 1 is 1.18 bits per heavy atom. The van der Waals surface area contributed by atoms with Gasteiger partial charge < -0.3 is 0 Å². The molecule has 0 bridgehead atoms. The van der Waals surface area contributed by atoms with Gasteiger partial charge in [0.1, 0.15) is 11.6 Å². The quantitative estimate of drug-likeness (QED) is 0.501. The van der Waals surface area contributed by atoms with Crippen LogP contribution in [-0.4, -0.2) is 11.6 Å². The molecule has 1 saturated carbocycles. The predicted octanol–water partition coefficient (Wildman–Crippen LogP) is 1.83. The summed E-state index contributed by atoms with van der Waals surface area (Å²) >= 11 is 0. The average Bonchev–Trinajstić information content (AvgIpc) is 2.22. The number of Topliss-reactive ketones (excluding diaryl/α,β-unsaturated/α-hetero) is 2. The zero-order valence-corrected chi connectivity index (χ0v) is 7.68. The Hall–Kier alpha value is -0.660. The topological polar surface area (TPSA) is 34.1 Å². The van der Waals surface area contributed by atoms with Crippen LogP contribution >= 0.6 is 0 Å². The van der Waals surface area contributed by atoms with Crippen molar-refractivity contribution in [3.63, 3.8) is 0 Å². The Labute approximate surface area is 68.0 Å². The third-order valence-corrected chi connectivity index (χ3v) is 1.90. The van der Waals surface area contributed by atoms with Crippen molar-refractivity contribution < 1.29 is 9.59 Å². The minimum atomic E-state index is -0.319. The van der Waals surface area contributed by atoms with E-state index in [1.165, 1.54) is 0 Å². The van der Waals surface area contributed by atoms with Gasteiger partial charge in [-0.05, 0) is 6.92 Å². The molecule has 0 aromatic rings. The molecular formula is C9H16O2. The van der Waals surface area contributed by atoms with E-state index in [0.717, 1.165) is 0 Å². The first kappa shape index (κ1) is 10.3. The van der Waals surface area contributed by atoms with Gasteiger partial charge in [0.25, 0.3) is 0 Å². The average molecular weight is 156 g/mol. The molecule has 1 rings (SSSR count). The molecule has 11 heavy (non-hydrogen) atoms. The summed E-state index contributed by atoms with van der Waals surface area (Å²) in [6, 6.07) is 0. The van der Waals surface area contributed by atoms with Crippen LogP contribution in [-0.2, 0) is 9.59 Å². The zero-order chi connectivity index (χ0) is 9.02. The summed E-state index contributed by atoms with van der Waals surface area (Å²) in [6.45, 7) is 7.50. The summed E-state index contributed by atoms with van der Waals surface area (Å²) in [7, 11) is 0. The normalized spacial score (nSPS) is 29.8. The third kappa shape index (κ3) is 2.14. The molecular weight excluding hydrogens is 140 g/mol. The zero-order valence-electron chi connectivity index (χ0n) is 7.68. The van der Waals surface area contributed by atoms with E-state index in [2.05, 4.69) is 0 Å². The van der Waals surface area contributed by atoms with Crippen molar-refractivity contribution in [1.29, 1.82) is 0 Å². The van der Waals surface area contributed by atoms with E-state index in [1.807, 2.05) is 20.8 Å². The molecule has 0 radical (unpaired) electrons. The highest BCUT2D eigenvalue weighted by Crippen LogP contribution is 2.22. The molecule has 2 nitrogen and oxygen atoms in total. The van der Waals surface area contributed by atoms with Gasteiger partial charge in [-0.15, -0.1) is 0 Å². The largest absolute Gasteiger partial charge is 0.299 e. The van der Waals surface area contributed by atoms with Crippen molar-refractivity contribution in [2.45, 2.75) is 34.1 Å². The van der Waals surface area contributed by atoms with Crippen LogP contribution in [0.25, 0.3) is 0 Å². The van der Waals surface area contributed by atoms with Crippen molar-refractivity contribution in [2.75, 3.05) is 0 Å². The summed E-state index contributed by atoms with van der Waals surface area (Å²) in [5.74, 6) is -0.125.